The number of carbonyl (C=O) groups excluding carboxylic acids is 3. The standard InChI is InChI=1S/C36H52N4O6/c1-25-22-40(26(2)24-41)35(43)31-21-30(37-34(42)28-14-7-5-8-15-28)18-19-32(31)46-27(3)13-11-12-20-45-33(25)23-39(4)36(44)38-29-16-9-6-10-17-29/h5,7-8,14-15,18-19,21,25-27,29,33,41H,6,9-13,16-17,20,22-24H2,1-4H3,(H,37,42)(H,38,44)/t25-,26-,27+,33+/m1/s1. The number of rotatable bonds is 7. The van der Waals surface area contributed by atoms with Gasteiger partial charge in [-0.25, -0.2) is 4.79 Å². The Labute approximate surface area is 273 Å². The van der Waals surface area contributed by atoms with Crippen LogP contribution in [0, 0.1) is 5.92 Å². The molecule has 4 atom stereocenters. The van der Waals surface area contributed by atoms with E-state index >= 15 is 0 Å². The van der Waals surface area contributed by atoms with Crippen LogP contribution in [0.25, 0.3) is 0 Å². The lowest BCUT2D eigenvalue weighted by molar-refractivity contribution is -0.0123. The molecule has 46 heavy (non-hydrogen) atoms. The first-order valence-electron chi connectivity index (χ1n) is 16.9. The fourth-order valence-corrected chi connectivity index (χ4v) is 6.14. The number of aliphatic hydroxyl groups excluding tert-OH is 1. The van der Waals surface area contributed by atoms with Crippen LogP contribution in [-0.2, 0) is 4.74 Å². The first-order chi connectivity index (χ1) is 22.2. The fraction of sp³-hybridized carbons (Fsp3) is 0.583. The Kier molecular flexibility index (Phi) is 13.3. The molecule has 10 nitrogen and oxygen atoms in total. The average molecular weight is 637 g/mol. The zero-order chi connectivity index (χ0) is 33.1. The van der Waals surface area contributed by atoms with Crippen molar-refractivity contribution in [2.45, 2.75) is 96.4 Å². The Bertz CT molecular complexity index is 1280. The van der Waals surface area contributed by atoms with E-state index < -0.39 is 6.04 Å². The molecule has 1 heterocycles. The zero-order valence-corrected chi connectivity index (χ0v) is 27.9. The second kappa shape index (κ2) is 17.3. The van der Waals surface area contributed by atoms with E-state index in [0.717, 1.165) is 44.9 Å². The van der Waals surface area contributed by atoms with E-state index in [4.69, 9.17) is 9.47 Å². The third kappa shape index (κ3) is 9.93. The molecule has 1 saturated carbocycles. The monoisotopic (exact) mass is 636 g/mol. The minimum atomic E-state index is -0.497. The second-order valence-electron chi connectivity index (χ2n) is 13.0. The van der Waals surface area contributed by atoms with Crippen molar-refractivity contribution in [1.82, 2.24) is 15.1 Å². The molecule has 0 radical (unpaired) electrons. The fourth-order valence-electron chi connectivity index (χ4n) is 6.14. The predicted octanol–water partition coefficient (Wildman–Crippen LogP) is 5.71. The van der Waals surface area contributed by atoms with Crippen molar-refractivity contribution in [3.8, 4) is 5.75 Å². The lowest BCUT2D eigenvalue weighted by Crippen LogP contribution is -2.50. The Morgan fingerprint density at radius 1 is 1.02 bits per heavy atom. The van der Waals surface area contributed by atoms with Crippen molar-refractivity contribution in [3.05, 3.63) is 59.7 Å². The molecule has 0 saturated heterocycles. The third-order valence-electron chi connectivity index (χ3n) is 9.08. The van der Waals surface area contributed by atoms with E-state index in [1.165, 1.54) is 6.42 Å². The number of fused-ring (bicyclic) bond motifs is 1. The summed E-state index contributed by atoms with van der Waals surface area (Å²) in [4.78, 5) is 43.7. The van der Waals surface area contributed by atoms with Crippen molar-refractivity contribution in [3.63, 3.8) is 0 Å². The highest BCUT2D eigenvalue weighted by Gasteiger charge is 2.31. The highest BCUT2D eigenvalue weighted by molar-refractivity contribution is 6.05. The molecule has 4 amide bonds. The van der Waals surface area contributed by atoms with Crippen LogP contribution in [0.15, 0.2) is 48.5 Å². The molecule has 0 unspecified atom stereocenters. The Morgan fingerprint density at radius 3 is 2.46 bits per heavy atom. The zero-order valence-electron chi connectivity index (χ0n) is 27.9. The van der Waals surface area contributed by atoms with Crippen molar-refractivity contribution in [2.75, 3.05) is 38.7 Å². The lowest BCUT2D eigenvalue weighted by atomic mass is 9.96. The number of hydrogen-bond acceptors (Lipinski definition) is 6. The molecule has 2 aromatic rings. The topological polar surface area (TPSA) is 120 Å². The number of nitrogens with one attached hydrogen (secondary N) is 2. The van der Waals surface area contributed by atoms with Gasteiger partial charge in [0.25, 0.3) is 11.8 Å². The molecule has 2 aliphatic rings. The largest absolute Gasteiger partial charge is 0.490 e. The molecule has 10 heteroatoms. The van der Waals surface area contributed by atoms with Gasteiger partial charge in [0.15, 0.2) is 0 Å². The van der Waals surface area contributed by atoms with Gasteiger partial charge in [-0.05, 0) is 76.3 Å². The quantitative estimate of drug-likeness (QED) is 0.358. The maximum absolute atomic E-state index is 14.3. The first-order valence-corrected chi connectivity index (χ1v) is 16.9. The van der Waals surface area contributed by atoms with E-state index in [0.29, 0.717) is 42.3 Å². The van der Waals surface area contributed by atoms with Crippen LogP contribution in [-0.4, -0.2) is 90.4 Å². The van der Waals surface area contributed by atoms with Gasteiger partial charge in [-0.3, -0.25) is 9.59 Å². The van der Waals surface area contributed by atoms with E-state index in [9.17, 15) is 19.5 Å². The third-order valence-corrected chi connectivity index (χ3v) is 9.08. The molecule has 1 fully saturated rings. The van der Waals surface area contributed by atoms with E-state index in [1.807, 2.05) is 19.9 Å². The smallest absolute Gasteiger partial charge is 0.317 e. The number of hydrogen-bond donors (Lipinski definition) is 3. The maximum Gasteiger partial charge on any atom is 0.317 e. The maximum atomic E-state index is 14.3. The number of carbonyl (C=O) groups is 3. The lowest BCUT2D eigenvalue weighted by Gasteiger charge is -2.36. The second-order valence-corrected chi connectivity index (χ2v) is 13.0. The molecule has 0 spiro atoms. The van der Waals surface area contributed by atoms with Crippen LogP contribution in [0.4, 0.5) is 10.5 Å². The number of ether oxygens (including phenoxy) is 2. The van der Waals surface area contributed by atoms with E-state index in [-0.39, 0.29) is 48.6 Å². The molecule has 4 rings (SSSR count). The van der Waals surface area contributed by atoms with Crippen molar-refractivity contribution < 1.29 is 29.0 Å². The van der Waals surface area contributed by atoms with Gasteiger partial charge >= 0.3 is 6.03 Å². The number of aliphatic hydroxyl groups is 1. The van der Waals surface area contributed by atoms with Gasteiger partial charge in [-0.2, -0.15) is 0 Å². The van der Waals surface area contributed by atoms with Crippen LogP contribution in [0.2, 0.25) is 0 Å². The summed E-state index contributed by atoms with van der Waals surface area (Å²) in [5.74, 6) is -0.323. The first kappa shape index (κ1) is 35.2. The molecule has 1 aliphatic heterocycles. The summed E-state index contributed by atoms with van der Waals surface area (Å²) in [6, 6.07) is 13.6. The van der Waals surface area contributed by atoms with Gasteiger partial charge in [0, 0.05) is 50.0 Å². The van der Waals surface area contributed by atoms with Gasteiger partial charge in [-0.1, -0.05) is 44.4 Å². The van der Waals surface area contributed by atoms with E-state index in [1.54, 1.807) is 66.2 Å². The SMILES string of the molecule is C[C@@H]1CN([C@H](C)CO)C(=O)c2cc(NC(=O)c3ccccc3)ccc2O[C@@H](C)CCCCO[C@H]1CN(C)C(=O)NC1CCCCC1. The van der Waals surface area contributed by atoms with Gasteiger partial charge in [0.05, 0.1) is 30.4 Å². The Morgan fingerprint density at radius 2 is 1.74 bits per heavy atom. The van der Waals surface area contributed by atoms with Gasteiger partial charge < -0.3 is 35.0 Å². The average Bonchev–Trinajstić information content (AvgIpc) is 3.06. The minimum Gasteiger partial charge on any atom is -0.490 e. The van der Waals surface area contributed by atoms with Gasteiger partial charge in [-0.15, -0.1) is 0 Å². The summed E-state index contributed by atoms with van der Waals surface area (Å²) in [5, 5.41) is 16.3. The van der Waals surface area contributed by atoms with Crippen LogP contribution in [0.1, 0.15) is 92.9 Å². The summed E-state index contributed by atoms with van der Waals surface area (Å²) in [6.07, 6.45) is 7.50. The molecule has 1 aliphatic carbocycles. The Hall–Kier alpha value is -3.63. The minimum absolute atomic E-state index is 0.108. The number of nitrogens with zero attached hydrogens (tertiary/aromatic N) is 2. The summed E-state index contributed by atoms with van der Waals surface area (Å²) >= 11 is 0. The molecular weight excluding hydrogens is 584 g/mol. The Balaban J connectivity index is 1.58. The molecule has 0 aromatic heterocycles. The summed E-state index contributed by atoms with van der Waals surface area (Å²) in [7, 11) is 1.79. The normalized spacial score (nSPS) is 22.5. The summed E-state index contributed by atoms with van der Waals surface area (Å²) in [5.41, 5.74) is 1.28. The highest BCUT2D eigenvalue weighted by Crippen LogP contribution is 2.29. The molecule has 0 bridgehead atoms. The highest BCUT2D eigenvalue weighted by atomic mass is 16.5. The molecule has 252 valence electrons. The van der Waals surface area contributed by atoms with Crippen LogP contribution >= 0.6 is 0 Å². The number of anilines is 1. The predicted molar refractivity (Wildman–Crippen MR) is 179 cm³/mol. The van der Waals surface area contributed by atoms with Crippen LogP contribution in [0.5, 0.6) is 5.75 Å². The van der Waals surface area contributed by atoms with Crippen molar-refractivity contribution in [1.29, 1.82) is 0 Å². The molecular formula is C36H52N4O6. The number of urea groups is 1. The number of benzene rings is 2. The van der Waals surface area contributed by atoms with Gasteiger partial charge in [0.1, 0.15) is 5.75 Å². The van der Waals surface area contributed by atoms with Crippen LogP contribution < -0.4 is 15.4 Å². The van der Waals surface area contributed by atoms with Gasteiger partial charge in [0.2, 0.25) is 0 Å². The molecule has 2 aromatic carbocycles. The van der Waals surface area contributed by atoms with Crippen molar-refractivity contribution >= 4 is 23.5 Å². The van der Waals surface area contributed by atoms with Crippen LogP contribution in [0.3, 0.4) is 0 Å². The summed E-state index contributed by atoms with van der Waals surface area (Å²) < 4.78 is 12.7. The van der Waals surface area contributed by atoms with E-state index in [2.05, 4.69) is 10.6 Å². The number of likely N-dealkylation sites (N-methyl/N-ethyl adjacent to an activating group) is 1. The number of amides is 4. The van der Waals surface area contributed by atoms with Crippen molar-refractivity contribution in [2.24, 2.45) is 5.92 Å². The summed E-state index contributed by atoms with van der Waals surface area (Å²) in [6.45, 7) is 6.77. The molecule has 3 N–H and O–H groups in total.